The summed E-state index contributed by atoms with van der Waals surface area (Å²) < 4.78 is 5.25. The van der Waals surface area contributed by atoms with Crippen molar-refractivity contribution < 1.29 is 24.5 Å². The summed E-state index contributed by atoms with van der Waals surface area (Å²) in [6, 6.07) is 0. The number of aliphatic hydroxyl groups excluding tert-OH is 1. The molecule has 6 heteroatoms. The molecule has 2 atom stereocenters. The number of amides is 1. The molecule has 2 unspecified atom stereocenters. The Hall–Kier alpha value is -1.14. The number of carbonyl (C=O) groups is 2. The molecule has 6 nitrogen and oxygen atoms in total. The van der Waals surface area contributed by atoms with Crippen molar-refractivity contribution in [3.63, 3.8) is 0 Å². The molecule has 2 fully saturated rings. The van der Waals surface area contributed by atoms with Crippen LogP contribution in [0, 0.1) is 5.92 Å². The number of ether oxygens (including phenoxy) is 1. The number of aliphatic hydroxyl groups is 1. The maximum absolute atomic E-state index is 12.1. The summed E-state index contributed by atoms with van der Waals surface area (Å²) in [7, 11) is 0. The lowest BCUT2D eigenvalue weighted by molar-refractivity contribution is -0.155. The Balaban J connectivity index is 1.84. The number of hydrogen-bond donors (Lipinski definition) is 2. The Morgan fingerprint density at radius 2 is 1.72 bits per heavy atom. The standard InChI is InChI=1S/C12H19NO5/c14-7-8-3-5-13(6-4-8)11(15)9-1-2-10(18-9)12(16)17/h8-10,14H,1-7H2,(H,16,17). The highest BCUT2D eigenvalue weighted by Crippen LogP contribution is 2.24. The summed E-state index contributed by atoms with van der Waals surface area (Å²) in [5.74, 6) is -0.815. The number of hydrogen-bond acceptors (Lipinski definition) is 4. The van der Waals surface area contributed by atoms with Crippen molar-refractivity contribution >= 4 is 11.9 Å². The van der Waals surface area contributed by atoms with Gasteiger partial charge in [-0.25, -0.2) is 4.79 Å². The quantitative estimate of drug-likeness (QED) is 0.734. The molecule has 0 aromatic carbocycles. The predicted octanol–water partition coefficient (Wildman–Crippen LogP) is -0.151. The van der Waals surface area contributed by atoms with Gasteiger partial charge >= 0.3 is 5.97 Å². The van der Waals surface area contributed by atoms with E-state index in [4.69, 9.17) is 14.9 Å². The van der Waals surface area contributed by atoms with Crippen LogP contribution in [0.1, 0.15) is 25.7 Å². The van der Waals surface area contributed by atoms with E-state index in [1.807, 2.05) is 0 Å². The van der Waals surface area contributed by atoms with Crippen LogP contribution in [0.3, 0.4) is 0 Å². The Bertz CT molecular complexity index is 324. The summed E-state index contributed by atoms with van der Waals surface area (Å²) in [6.45, 7) is 1.42. The fraction of sp³-hybridized carbons (Fsp3) is 0.833. The normalized spacial score (nSPS) is 29.5. The molecule has 2 N–H and O–H groups in total. The highest BCUT2D eigenvalue weighted by molar-refractivity contribution is 5.82. The molecule has 0 aliphatic carbocycles. The minimum Gasteiger partial charge on any atom is -0.479 e. The molecule has 102 valence electrons. The number of aliphatic carboxylic acids is 1. The smallest absolute Gasteiger partial charge is 0.332 e. The van der Waals surface area contributed by atoms with Crippen molar-refractivity contribution in [3.8, 4) is 0 Å². The van der Waals surface area contributed by atoms with Crippen LogP contribution < -0.4 is 0 Å². The SMILES string of the molecule is O=C(O)C1CCC(C(=O)N2CCC(CO)CC2)O1. The maximum Gasteiger partial charge on any atom is 0.332 e. The van der Waals surface area contributed by atoms with Crippen molar-refractivity contribution in [2.24, 2.45) is 5.92 Å². The molecular weight excluding hydrogens is 238 g/mol. The van der Waals surface area contributed by atoms with E-state index in [0.29, 0.717) is 25.9 Å². The van der Waals surface area contributed by atoms with Crippen molar-refractivity contribution in [2.75, 3.05) is 19.7 Å². The third-order valence-corrected chi connectivity index (χ3v) is 3.75. The van der Waals surface area contributed by atoms with Crippen LogP contribution in [0.2, 0.25) is 0 Å². The molecule has 2 aliphatic heterocycles. The molecule has 1 amide bonds. The molecule has 0 bridgehead atoms. The Morgan fingerprint density at radius 1 is 1.11 bits per heavy atom. The monoisotopic (exact) mass is 257 g/mol. The van der Waals surface area contributed by atoms with Crippen LogP contribution in [0.4, 0.5) is 0 Å². The number of carbonyl (C=O) groups excluding carboxylic acids is 1. The first-order valence-corrected chi connectivity index (χ1v) is 6.39. The summed E-state index contributed by atoms with van der Waals surface area (Å²) >= 11 is 0. The van der Waals surface area contributed by atoms with Gasteiger partial charge in [-0.3, -0.25) is 4.79 Å². The van der Waals surface area contributed by atoms with E-state index in [1.54, 1.807) is 4.90 Å². The Labute approximate surface area is 106 Å². The number of carboxylic acid groups (broad SMARTS) is 1. The van der Waals surface area contributed by atoms with Gasteiger partial charge in [-0.1, -0.05) is 0 Å². The zero-order valence-corrected chi connectivity index (χ0v) is 10.2. The van der Waals surface area contributed by atoms with E-state index in [1.165, 1.54) is 0 Å². The lowest BCUT2D eigenvalue weighted by Crippen LogP contribution is -2.44. The molecule has 2 heterocycles. The van der Waals surface area contributed by atoms with E-state index in [9.17, 15) is 9.59 Å². The number of rotatable bonds is 3. The maximum atomic E-state index is 12.1. The lowest BCUT2D eigenvalue weighted by Gasteiger charge is -2.32. The van der Waals surface area contributed by atoms with Crippen LogP contribution in [-0.2, 0) is 14.3 Å². The van der Waals surface area contributed by atoms with E-state index in [2.05, 4.69) is 0 Å². The van der Waals surface area contributed by atoms with Crippen LogP contribution in [-0.4, -0.2) is 58.9 Å². The van der Waals surface area contributed by atoms with Crippen LogP contribution >= 0.6 is 0 Å². The summed E-state index contributed by atoms with van der Waals surface area (Å²) in [6.07, 6.45) is 1.05. The van der Waals surface area contributed by atoms with Crippen molar-refractivity contribution in [2.45, 2.75) is 37.9 Å². The summed E-state index contributed by atoms with van der Waals surface area (Å²) in [5.41, 5.74) is 0. The van der Waals surface area contributed by atoms with E-state index in [-0.39, 0.29) is 18.4 Å². The van der Waals surface area contributed by atoms with Gasteiger partial charge in [0.25, 0.3) is 5.91 Å². The van der Waals surface area contributed by atoms with Crippen molar-refractivity contribution in [1.29, 1.82) is 0 Å². The number of nitrogens with zero attached hydrogens (tertiary/aromatic N) is 1. The Kier molecular flexibility index (Phi) is 4.19. The highest BCUT2D eigenvalue weighted by atomic mass is 16.5. The second kappa shape index (κ2) is 5.67. The van der Waals surface area contributed by atoms with E-state index >= 15 is 0 Å². The van der Waals surface area contributed by atoms with Gasteiger partial charge in [-0.05, 0) is 31.6 Å². The zero-order valence-electron chi connectivity index (χ0n) is 10.2. The van der Waals surface area contributed by atoms with Crippen molar-refractivity contribution in [3.05, 3.63) is 0 Å². The number of carboxylic acids is 1. The predicted molar refractivity (Wildman–Crippen MR) is 61.9 cm³/mol. The molecule has 0 aromatic rings. The highest BCUT2D eigenvalue weighted by Gasteiger charge is 2.37. The second-order valence-corrected chi connectivity index (χ2v) is 4.98. The molecule has 0 aromatic heterocycles. The zero-order chi connectivity index (χ0) is 13.1. The van der Waals surface area contributed by atoms with Gasteiger partial charge in [0.1, 0.15) is 6.10 Å². The minimum atomic E-state index is -0.996. The molecule has 2 rings (SSSR count). The summed E-state index contributed by atoms with van der Waals surface area (Å²) in [5, 5.41) is 17.8. The molecule has 2 aliphatic rings. The minimum absolute atomic E-state index is 0.102. The fourth-order valence-electron chi connectivity index (χ4n) is 2.54. The number of piperidine rings is 1. The summed E-state index contributed by atoms with van der Waals surface area (Å²) in [4.78, 5) is 24.6. The van der Waals surface area contributed by atoms with Gasteiger partial charge < -0.3 is 19.8 Å². The van der Waals surface area contributed by atoms with Gasteiger partial charge in [0.2, 0.25) is 0 Å². The third kappa shape index (κ3) is 2.81. The largest absolute Gasteiger partial charge is 0.479 e. The van der Waals surface area contributed by atoms with Gasteiger partial charge in [0, 0.05) is 19.7 Å². The van der Waals surface area contributed by atoms with Crippen LogP contribution in [0.15, 0.2) is 0 Å². The Morgan fingerprint density at radius 3 is 2.22 bits per heavy atom. The second-order valence-electron chi connectivity index (χ2n) is 4.98. The number of likely N-dealkylation sites (tertiary alicyclic amines) is 1. The average Bonchev–Trinajstić information content (AvgIpc) is 2.88. The van der Waals surface area contributed by atoms with Crippen molar-refractivity contribution in [1.82, 2.24) is 4.90 Å². The third-order valence-electron chi connectivity index (χ3n) is 3.75. The topological polar surface area (TPSA) is 87.1 Å². The first-order valence-electron chi connectivity index (χ1n) is 6.39. The average molecular weight is 257 g/mol. The van der Waals surface area contributed by atoms with Gasteiger partial charge in [-0.15, -0.1) is 0 Å². The van der Waals surface area contributed by atoms with Crippen LogP contribution in [0.25, 0.3) is 0 Å². The lowest BCUT2D eigenvalue weighted by atomic mass is 9.97. The van der Waals surface area contributed by atoms with Crippen LogP contribution in [0.5, 0.6) is 0 Å². The van der Waals surface area contributed by atoms with Gasteiger partial charge in [0.15, 0.2) is 6.10 Å². The molecule has 0 spiro atoms. The molecule has 2 saturated heterocycles. The molecule has 0 saturated carbocycles. The molecular formula is C12H19NO5. The van der Waals surface area contributed by atoms with Gasteiger partial charge in [0.05, 0.1) is 0 Å². The van der Waals surface area contributed by atoms with Gasteiger partial charge in [-0.2, -0.15) is 0 Å². The van der Waals surface area contributed by atoms with E-state index < -0.39 is 18.2 Å². The fourth-order valence-corrected chi connectivity index (χ4v) is 2.54. The first-order chi connectivity index (χ1) is 8.61. The first kappa shape index (κ1) is 13.3. The molecule has 18 heavy (non-hydrogen) atoms. The van der Waals surface area contributed by atoms with E-state index in [0.717, 1.165) is 12.8 Å². The molecule has 0 radical (unpaired) electrons.